The summed E-state index contributed by atoms with van der Waals surface area (Å²) in [7, 11) is 7.65. The molecule has 0 unspecified atom stereocenters. The molecule has 1 aromatic heterocycles. The Hall–Kier alpha value is -6.11. The molecular formula is C46H47N5O4. The zero-order valence-electron chi connectivity index (χ0n) is 32.4. The number of anilines is 1. The summed E-state index contributed by atoms with van der Waals surface area (Å²) >= 11 is 0. The number of para-hydroxylation sites is 1. The van der Waals surface area contributed by atoms with Gasteiger partial charge in [-0.15, -0.1) is 0 Å². The van der Waals surface area contributed by atoms with Crippen molar-refractivity contribution in [3.63, 3.8) is 0 Å². The van der Waals surface area contributed by atoms with Gasteiger partial charge >= 0.3 is 6.09 Å². The Kier molecular flexibility index (Phi) is 10.6. The molecule has 0 bridgehead atoms. The third kappa shape index (κ3) is 7.78. The van der Waals surface area contributed by atoms with Crippen LogP contribution in [0.2, 0.25) is 0 Å². The first-order valence-corrected chi connectivity index (χ1v) is 18.7. The molecule has 9 nitrogen and oxygen atoms in total. The number of nitrogens with zero attached hydrogens (tertiary/aromatic N) is 5. The van der Waals surface area contributed by atoms with Crippen LogP contribution in [0.5, 0.6) is 5.75 Å². The van der Waals surface area contributed by atoms with Crippen molar-refractivity contribution in [3.8, 4) is 28.8 Å². The second-order valence-electron chi connectivity index (χ2n) is 14.8. The molecule has 7 rings (SSSR count). The molecule has 3 amide bonds. The van der Waals surface area contributed by atoms with E-state index in [1.54, 1.807) is 29.0 Å². The first-order valence-electron chi connectivity index (χ1n) is 18.7. The number of carbonyl (C=O) groups is 3. The summed E-state index contributed by atoms with van der Waals surface area (Å²) < 4.78 is 7.85. The van der Waals surface area contributed by atoms with Crippen LogP contribution in [0.15, 0.2) is 97.1 Å². The van der Waals surface area contributed by atoms with Gasteiger partial charge < -0.3 is 24.0 Å². The highest BCUT2D eigenvalue weighted by Crippen LogP contribution is 2.36. The standard InChI is InChI=1S/C46H47N5O4/c1-31-24-34-16-10-11-17-36(34)30-51(31)45(53)42-27-37-29-50(46(54)55-39-20-12-14-33(25-39)15-13-22-47(3)4)23-21-35(37)26-41(42)43-28-40(32(2)48(43)5)44(52)49(6)38-18-8-7-9-19-38/h7-12,14,16-20,25-28,31H,21-24,29-30H2,1-6H3/t31-/m1/s1. The second-order valence-corrected chi connectivity index (χ2v) is 14.8. The van der Waals surface area contributed by atoms with E-state index in [2.05, 4.69) is 37.0 Å². The van der Waals surface area contributed by atoms with Gasteiger partial charge in [-0.25, -0.2) is 4.79 Å². The first-order chi connectivity index (χ1) is 26.5. The van der Waals surface area contributed by atoms with Gasteiger partial charge in [-0.1, -0.05) is 60.4 Å². The number of benzene rings is 4. The van der Waals surface area contributed by atoms with E-state index in [4.69, 9.17) is 4.74 Å². The van der Waals surface area contributed by atoms with E-state index in [1.807, 2.05) is 109 Å². The van der Waals surface area contributed by atoms with Crippen LogP contribution in [0, 0.1) is 18.8 Å². The van der Waals surface area contributed by atoms with Gasteiger partial charge in [0.05, 0.1) is 12.1 Å². The quantitative estimate of drug-likeness (QED) is 0.171. The highest BCUT2D eigenvalue weighted by Gasteiger charge is 2.32. The highest BCUT2D eigenvalue weighted by atomic mass is 16.6. The largest absolute Gasteiger partial charge is 0.415 e. The predicted octanol–water partition coefficient (Wildman–Crippen LogP) is 7.33. The molecule has 9 heteroatoms. The van der Waals surface area contributed by atoms with Crippen LogP contribution < -0.4 is 9.64 Å². The minimum absolute atomic E-state index is 0.0205. The van der Waals surface area contributed by atoms with E-state index >= 15 is 0 Å². The average molecular weight is 734 g/mol. The summed E-state index contributed by atoms with van der Waals surface area (Å²) in [5, 5.41) is 0. The summed E-state index contributed by atoms with van der Waals surface area (Å²) in [6.45, 7) is 5.92. The molecule has 4 aromatic carbocycles. The lowest BCUT2D eigenvalue weighted by molar-refractivity contribution is 0.0658. The van der Waals surface area contributed by atoms with Gasteiger partial charge in [0.1, 0.15) is 5.75 Å². The van der Waals surface area contributed by atoms with E-state index in [0.29, 0.717) is 49.5 Å². The van der Waals surface area contributed by atoms with Crippen molar-refractivity contribution >= 4 is 23.6 Å². The minimum atomic E-state index is -0.453. The van der Waals surface area contributed by atoms with Crippen LogP contribution in [-0.2, 0) is 33.0 Å². The second kappa shape index (κ2) is 15.7. The Balaban J connectivity index is 1.22. The molecule has 280 valence electrons. The number of aromatic nitrogens is 1. The number of ether oxygens (including phenoxy) is 1. The topological polar surface area (TPSA) is 78.3 Å². The van der Waals surface area contributed by atoms with Crippen molar-refractivity contribution in [2.24, 2.45) is 7.05 Å². The number of hydrogen-bond acceptors (Lipinski definition) is 5. The summed E-state index contributed by atoms with van der Waals surface area (Å²) in [6, 6.07) is 31.1. The maximum absolute atomic E-state index is 14.9. The van der Waals surface area contributed by atoms with Crippen molar-refractivity contribution in [1.82, 2.24) is 19.3 Å². The molecule has 0 fully saturated rings. The van der Waals surface area contributed by atoms with E-state index in [-0.39, 0.29) is 17.9 Å². The summed E-state index contributed by atoms with van der Waals surface area (Å²) in [4.78, 5) is 49.6. The first kappa shape index (κ1) is 37.2. The van der Waals surface area contributed by atoms with Crippen molar-refractivity contribution in [1.29, 1.82) is 0 Å². The smallest absolute Gasteiger partial charge is 0.410 e. The molecule has 1 atom stereocenters. The molecule has 2 aliphatic heterocycles. The van der Waals surface area contributed by atoms with Crippen LogP contribution in [0.25, 0.3) is 11.3 Å². The van der Waals surface area contributed by atoms with Crippen LogP contribution in [0.4, 0.5) is 10.5 Å². The highest BCUT2D eigenvalue weighted by molar-refractivity contribution is 6.08. The van der Waals surface area contributed by atoms with Crippen molar-refractivity contribution < 1.29 is 19.1 Å². The van der Waals surface area contributed by atoms with Crippen LogP contribution in [0.3, 0.4) is 0 Å². The average Bonchev–Trinajstić information content (AvgIpc) is 3.49. The molecule has 55 heavy (non-hydrogen) atoms. The van der Waals surface area contributed by atoms with E-state index in [0.717, 1.165) is 51.3 Å². The van der Waals surface area contributed by atoms with Crippen molar-refractivity contribution in [2.75, 3.05) is 39.1 Å². The summed E-state index contributed by atoms with van der Waals surface area (Å²) in [6.07, 6.45) is 0.894. The molecule has 0 saturated carbocycles. The van der Waals surface area contributed by atoms with Gasteiger partial charge in [0.2, 0.25) is 0 Å². The molecule has 2 aliphatic rings. The maximum atomic E-state index is 14.9. The third-order valence-corrected chi connectivity index (χ3v) is 10.8. The van der Waals surface area contributed by atoms with Gasteiger partial charge in [-0.2, -0.15) is 0 Å². The van der Waals surface area contributed by atoms with Crippen LogP contribution in [-0.4, -0.2) is 77.4 Å². The SMILES string of the molecule is Cc1c(C(=O)N(C)c2ccccc2)cc(-c2cc3c(cc2C(=O)N2Cc4ccccc4C[C@H]2C)CN(C(=O)Oc2cccc(C#CCN(C)C)c2)CC3)n1C. The number of amides is 3. The predicted molar refractivity (Wildman–Crippen MR) is 216 cm³/mol. The molecule has 5 aromatic rings. The maximum Gasteiger partial charge on any atom is 0.415 e. The Morgan fingerprint density at radius 2 is 1.56 bits per heavy atom. The van der Waals surface area contributed by atoms with E-state index in [1.165, 1.54) is 5.56 Å². The lowest BCUT2D eigenvalue weighted by atomic mass is 9.90. The fourth-order valence-electron chi connectivity index (χ4n) is 7.49. The van der Waals surface area contributed by atoms with Gasteiger partial charge in [-0.05, 0) is 112 Å². The number of fused-ring (bicyclic) bond motifs is 2. The van der Waals surface area contributed by atoms with Crippen LogP contribution >= 0.6 is 0 Å². The zero-order valence-corrected chi connectivity index (χ0v) is 32.4. The Labute approximate surface area is 323 Å². The normalized spacial score (nSPS) is 14.8. The van der Waals surface area contributed by atoms with E-state index in [9.17, 15) is 14.4 Å². The van der Waals surface area contributed by atoms with Crippen molar-refractivity contribution in [2.45, 2.75) is 45.8 Å². The van der Waals surface area contributed by atoms with Gasteiger partial charge in [0, 0.05) is 73.5 Å². The molecule has 0 aliphatic carbocycles. The van der Waals surface area contributed by atoms with Gasteiger partial charge in [-0.3, -0.25) is 14.5 Å². The lowest BCUT2D eigenvalue weighted by Gasteiger charge is -2.36. The molecule has 3 heterocycles. The lowest BCUT2D eigenvalue weighted by Crippen LogP contribution is -2.43. The Bertz CT molecular complexity index is 2330. The number of hydrogen-bond donors (Lipinski definition) is 0. The monoisotopic (exact) mass is 733 g/mol. The van der Waals surface area contributed by atoms with Crippen LogP contribution in [0.1, 0.15) is 61.2 Å². The number of rotatable bonds is 6. The van der Waals surface area contributed by atoms with Gasteiger partial charge in [0.25, 0.3) is 11.8 Å². The van der Waals surface area contributed by atoms with Gasteiger partial charge in [0.15, 0.2) is 0 Å². The number of carbonyl (C=O) groups excluding carboxylic acids is 3. The van der Waals surface area contributed by atoms with E-state index < -0.39 is 6.09 Å². The Morgan fingerprint density at radius 3 is 2.33 bits per heavy atom. The third-order valence-electron chi connectivity index (χ3n) is 10.8. The summed E-state index contributed by atoms with van der Waals surface area (Å²) in [5.74, 6) is 6.46. The fraction of sp³-hybridized carbons (Fsp3) is 0.283. The minimum Gasteiger partial charge on any atom is -0.410 e. The molecule has 0 radical (unpaired) electrons. The molecule has 0 spiro atoms. The molecule has 0 saturated heterocycles. The fourth-order valence-corrected chi connectivity index (χ4v) is 7.49. The zero-order chi connectivity index (χ0) is 38.8. The Morgan fingerprint density at radius 1 is 0.818 bits per heavy atom. The molecular weight excluding hydrogens is 687 g/mol. The summed E-state index contributed by atoms with van der Waals surface area (Å²) in [5.41, 5.74) is 9.39. The van der Waals surface area contributed by atoms with Crippen molar-refractivity contribution in [3.05, 3.63) is 142 Å². The molecule has 0 N–H and O–H groups in total.